The van der Waals surface area contributed by atoms with E-state index in [9.17, 15) is 0 Å². The molecule has 1 aromatic heterocycles. The van der Waals surface area contributed by atoms with Gasteiger partial charge in [-0.05, 0) is 5.92 Å². The Morgan fingerprint density at radius 1 is 1.31 bits per heavy atom. The smallest absolute Gasteiger partial charge is 0.111 e. The molecule has 1 rings (SSSR count). The molecular weight excluding hydrogens is 160 g/mol. The van der Waals surface area contributed by atoms with Crippen LogP contribution >= 0.6 is 0 Å². The SMILES string of the molecule is C.CC(C)c1cnc(C(C)(C)C)[nH]1. The molecule has 0 aliphatic heterocycles. The van der Waals surface area contributed by atoms with Crippen LogP contribution in [0.1, 0.15) is 59.5 Å². The second kappa shape index (κ2) is 3.95. The van der Waals surface area contributed by atoms with Gasteiger partial charge in [0.25, 0.3) is 0 Å². The molecule has 0 fully saturated rings. The van der Waals surface area contributed by atoms with Crippen molar-refractivity contribution in [3.8, 4) is 0 Å². The van der Waals surface area contributed by atoms with Gasteiger partial charge in [-0.3, -0.25) is 0 Å². The van der Waals surface area contributed by atoms with Crippen LogP contribution in [0.3, 0.4) is 0 Å². The molecule has 0 aliphatic carbocycles. The lowest BCUT2D eigenvalue weighted by Crippen LogP contribution is -2.13. The first-order valence-corrected chi connectivity index (χ1v) is 4.46. The van der Waals surface area contributed by atoms with Crippen molar-refractivity contribution in [2.24, 2.45) is 0 Å². The second-order valence-corrected chi connectivity index (χ2v) is 4.59. The van der Waals surface area contributed by atoms with Gasteiger partial charge >= 0.3 is 0 Å². The average molecular weight is 182 g/mol. The Morgan fingerprint density at radius 2 is 1.85 bits per heavy atom. The largest absolute Gasteiger partial charge is 0.345 e. The molecule has 76 valence electrons. The van der Waals surface area contributed by atoms with Crippen molar-refractivity contribution < 1.29 is 0 Å². The molecule has 0 aromatic carbocycles. The number of aromatic nitrogens is 2. The first-order chi connectivity index (χ1) is 5.41. The Labute approximate surface area is 81.8 Å². The summed E-state index contributed by atoms with van der Waals surface area (Å²) in [6, 6.07) is 0. The van der Waals surface area contributed by atoms with E-state index in [2.05, 4.69) is 44.6 Å². The molecule has 1 heterocycles. The number of aromatic amines is 1. The normalized spacial score (nSPS) is 11.5. The highest BCUT2D eigenvalue weighted by Crippen LogP contribution is 2.20. The standard InChI is InChI=1S/C10H18N2.CH4/c1-7(2)8-6-11-9(12-8)10(3,4)5;/h6-7H,1-5H3,(H,11,12);1H4. The summed E-state index contributed by atoms with van der Waals surface area (Å²) < 4.78 is 0. The molecule has 0 amide bonds. The molecule has 0 saturated heterocycles. The highest BCUT2D eigenvalue weighted by Gasteiger charge is 2.17. The van der Waals surface area contributed by atoms with E-state index < -0.39 is 0 Å². The molecule has 0 saturated carbocycles. The Balaban J connectivity index is 0.00000144. The maximum atomic E-state index is 4.35. The summed E-state index contributed by atoms with van der Waals surface area (Å²) in [4.78, 5) is 7.69. The molecule has 1 aromatic rings. The van der Waals surface area contributed by atoms with Gasteiger partial charge in [0.15, 0.2) is 0 Å². The van der Waals surface area contributed by atoms with Crippen molar-refractivity contribution in [1.82, 2.24) is 9.97 Å². The number of rotatable bonds is 1. The predicted molar refractivity (Wildman–Crippen MR) is 58.1 cm³/mol. The van der Waals surface area contributed by atoms with E-state index >= 15 is 0 Å². The minimum absolute atomic E-state index is 0. The first kappa shape index (κ1) is 12.2. The fraction of sp³-hybridized carbons (Fsp3) is 0.727. The highest BCUT2D eigenvalue weighted by molar-refractivity contribution is 5.10. The topological polar surface area (TPSA) is 28.7 Å². The number of nitrogens with zero attached hydrogens (tertiary/aromatic N) is 1. The van der Waals surface area contributed by atoms with Crippen LogP contribution in [0, 0.1) is 0 Å². The molecule has 0 bridgehead atoms. The Hall–Kier alpha value is -0.790. The fourth-order valence-electron chi connectivity index (χ4n) is 1.01. The summed E-state index contributed by atoms with van der Waals surface area (Å²) in [5.41, 5.74) is 1.35. The van der Waals surface area contributed by atoms with Crippen LogP contribution in [0.5, 0.6) is 0 Å². The molecule has 2 nitrogen and oxygen atoms in total. The molecule has 0 spiro atoms. The van der Waals surface area contributed by atoms with E-state index in [1.807, 2.05) is 6.20 Å². The zero-order chi connectivity index (χ0) is 9.35. The molecular formula is C11H22N2. The number of hydrogen-bond acceptors (Lipinski definition) is 1. The highest BCUT2D eigenvalue weighted by atomic mass is 14.9. The van der Waals surface area contributed by atoms with Crippen molar-refractivity contribution in [3.05, 3.63) is 17.7 Å². The van der Waals surface area contributed by atoms with E-state index in [0.717, 1.165) is 5.82 Å². The monoisotopic (exact) mass is 182 g/mol. The fourth-order valence-corrected chi connectivity index (χ4v) is 1.01. The summed E-state index contributed by atoms with van der Waals surface area (Å²) in [5, 5.41) is 0. The molecule has 0 aliphatic rings. The third-order valence-electron chi connectivity index (χ3n) is 1.93. The van der Waals surface area contributed by atoms with Crippen molar-refractivity contribution >= 4 is 0 Å². The second-order valence-electron chi connectivity index (χ2n) is 4.59. The van der Waals surface area contributed by atoms with Gasteiger partial charge in [-0.15, -0.1) is 0 Å². The van der Waals surface area contributed by atoms with Gasteiger partial charge in [0.1, 0.15) is 5.82 Å². The number of H-pyrrole nitrogens is 1. The van der Waals surface area contributed by atoms with Crippen molar-refractivity contribution in [1.29, 1.82) is 0 Å². The zero-order valence-corrected chi connectivity index (χ0v) is 8.60. The predicted octanol–water partition coefficient (Wildman–Crippen LogP) is 3.47. The van der Waals surface area contributed by atoms with Gasteiger partial charge in [-0.2, -0.15) is 0 Å². The van der Waals surface area contributed by atoms with Gasteiger partial charge in [-0.25, -0.2) is 4.98 Å². The third kappa shape index (κ3) is 2.87. The van der Waals surface area contributed by atoms with Crippen LogP contribution < -0.4 is 0 Å². The molecule has 0 unspecified atom stereocenters. The molecule has 0 atom stereocenters. The summed E-state index contributed by atoms with van der Waals surface area (Å²) in [5.74, 6) is 1.61. The van der Waals surface area contributed by atoms with Crippen LogP contribution in [0.2, 0.25) is 0 Å². The quantitative estimate of drug-likeness (QED) is 0.708. The van der Waals surface area contributed by atoms with Crippen molar-refractivity contribution in [3.63, 3.8) is 0 Å². The van der Waals surface area contributed by atoms with E-state index in [1.165, 1.54) is 5.69 Å². The summed E-state index contributed by atoms with van der Waals surface area (Å²) in [6.45, 7) is 10.8. The average Bonchev–Trinajstić information content (AvgIpc) is 2.30. The van der Waals surface area contributed by atoms with Crippen LogP contribution in [-0.4, -0.2) is 9.97 Å². The van der Waals surface area contributed by atoms with Crippen molar-refractivity contribution in [2.45, 2.75) is 53.4 Å². The van der Waals surface area contributed by atoms with Gasteiger partial charge in [0.2, 0.25) is 0 Å². The van der Waals surface area contributed by atoms with Crippen LogP contribution in [0.4, 0.5) is 0 Å². The van der Waals surface area contributed by atoms with Crippen LogP contribution in [-0.2, 0) is 5.41 Å². The van der Waals surface area contributed by atoms with E-state index in [0.29, 0.717) is 5.92 Å². The Morgan fingerprint density at radius 3 is 2.08 bits per heavy atom. The maximum absolute atomic E-state index is 4.35. The minimum atomic E-state index is 0. The minimum Gasteiger partial charge on any atom is -0.345 e. The first-order valence-electron chi connectivity index (χ1n) is 4.46. The van der Waals surface area contributed by atoms with Crippen molar-refractivity contribution in [2.75, 3.05) is 0 Å². The number of nitrogens with one attached hydrogen (secondary N) is 1. The van der Waals surface area contributed by atoms with E-state index in [1.54, 1.807) is 0 Å². The third-order valence-corrected chi connectivity index (χ3v) is 1.93. The lowest BCUT2D eigenvalue weighted by Gasteiger charge is -2.14. The van der Waals surface area contributed by atoms with E-state index in [4.69, 9.17) is 0 Å². The van der Waals surface area contributed by atoms with Gasteiger partial charge in [-0.1, -0.05) is 42.0 Å². The van der Waals surface area contributed by atoms with Crippen LogP contribution in [0.15, 0.2) is 6.20 Å². The van der Waals surface area contributed by atoms with E-state index in [-0.39, 0.29) is 12.8 Å². The Bertz CT molecular complexity index is 253. The number of imidazole rings is 1. The molecule has 13 heavy (non-hydrogen) atoms. The zero-order valence-electron chi connectivity index (χ0n) is 8.60. The lowest BCUT2D eigenvalue weighted by atomic mass is 9.96. The summed E-state index contributed by atoms with van der Waals surface area (Å²) in [7, 11) is 0. The van der Waals surface area contributed by atoms with Gasteiger partial charge in [0.05, 0.1) is 0 Å². The Kier molecular flexibility index (Phi) is 3.71. The maximum Gasteiger partial charge on any atom is 0.111 e. The number of hydrogen-bond donors (Lipinski definition) is 1. The molecule has 1 N–H and O–H groups in total. The molecule has 2 heteroatoms. The summed E-state index contributed by atoms with van der Waals surface area (Å²) in [6.07, 6.45) is 1.94. The van der Waals surface area contributed by atoms with Gasteiger partial charge in [0, 0.05) is 17.3 Å². The van der Waals surface area contributed by atoms with Crippen LogP contribution in [0.25, 0.3) is 0 Å². The molecule has 0 radical (unpaired) electrons. The lowest BCUT2D eigenvalue weighted by molar-refractivity contribution is 0.550. The summed E-state index contributed by atoms with van der Waals surface area (Å²) >= 11 is 0. The van der Waals surface area contributed by atoms with Gasteiger partial charge < -0.3 is 4.98 Å².